The maximum Gasteiger partial charge on any atom is 0.490 e. The number of imidazole rings is 1. The molecule has 1 aliphatic heterocycles. The normalized spacial score (nSPS) is 16.8. The van der Waals surface area contributed by atoms with Crippen LogP contribution in [0.3, 0.4) is 0 Å². The van der Waals surface area contributed by atoms with Gasteiger partial charge < -0.3 is 21.1 Å². The Balaban J connectivity index is 0.000000493. The third-order valence-corrected chi connectivity index (χ3v) is 8.82. The summed E-state index contributed by atoms with van der Waals surface area (Å²) in [6.07, 6.45) is -0.353. The van der Waals surface area contributed by atoms with Crippen molar-refractivity contribution in [2.24, 2.45) is 0 Å². The van der Waals surface area contributed by atoms with Gasteiger partial charge in [0, 0.05) is 37.6 Å². The van der Waals surface area contributed by atoms with E-state index in [1.807, 2.05) is 4.90 Å². The van der Waals surface area contributed by atoms with Gasteiger partial charge in [-0.25, -0.2) is 27.7 Å². The van der Waals surface area contributed by atoms with Crippen LogP contribution < -0.4 is 16.0 Å². The number of amides is 1. The minimum Gasteiger partial charge on any atom is -0.475 e. The van der Waals surface area contributed by atoms with E-state index in [9.17, 15) is 26.4 Å². The number of nitrogen functional groups attached to an aromatic ring is 1. The van der Waals surface area contributed by atoms with E-state index in [1.54, 1.807) is 35.9 Å². The van der Waals surface area contributed by atoms with Crippen molar-refractivity contribution in [3.63, 3.8) is 0 Å². The number of nitrogens with zero attached hydrogens (tertiary/aromatic N) is 6. The maximum absolute atomic E-state index is 13.0. The molecule has 1 unspecified atom stereocenters. The molecule has 5 rings (SSSR count). The summed E-state index contributed by atoms with van der Waals surface area (Å²) < 4.78 is 59.5. The number of hydrogen-bond donors (Lipinski definition) is 3. The third kappa shape index (κ3) is 6.11. The Kier molecular flexibility index (Phi) is 8.24. The molecule has 1 fully saturated rings. The molecule has 0 aromatic carbocycles. The molecular formula is C22H21Cl2F3N8O5S. The number of fused-ring (bicyclic) bond motifs is 2. The number of anilines is 2. The summed E-state index contributed by atoms with van der Waals surface area (Å²) in [5.41, 5.74) is 7.63. The summed E-state index contributed by atoms with van der Waals surface area (Å²) in [6.45, 7) is 2.32. The molecule has 1 amide bonds. The number of halogens is 5. The predicted molar refractivity (Wildman–Crippen MR) is 143 cm³/mol. The molecule has 4 aromatic rings. The standard InChI is InChI=1S/C20H20Cl2N8O3S.C2HF3O2/c1-11-9-28(5-6-34(11,32)33)20-12(7-13(21)15-16(22)26-10-29(15)20)8-25-19(31)14-17(23)27-30-4-2-3-24-18(14)30;3-2(4,5)1(6)7/h2-4,7,10-11H,5-6,8-9H2,1H3,(H2,23,27)(H,25,31);(H,6,7). The molecule has 0 bridgehead atoms. The summed E-state index contributed by atoms with van der Waals surface area (Å²) >= 11 is 12.7. The molecule has 1 saturated heterocycles. The highest BCUT2D eigenvalue weighted by atomic mass is 35.5. The number of sulfone groups is 1. The van der Waals surface area contributed by atoms with Crippen LogP contribution in [-0.4, -0.2) is 79.7 Å². The lowest BCUT2D eigenvalue weighted by molar-refractivity contribution is -0.192. The van der Waals surface area contributed by atoms with Gasteiger partial charge in [0.25, 0.3) is 5.91 Å². The molecule has 0 spiro atoms. The largest absolute Gasteiger partial charge is 0.490 e. The van der Waals surface area contributed by atoms with Crippen LogP contribution in [0.5, 0.6) is 0 Å². The smallest absolute Gasteiger partial charge is 0.475 e. The van der Waals surface area contributed by atoms with E-state index in [0.717, 1.165) is 0 Å². The van der Waals surface area contributed by atoms with Gasteiger partial charge in [0.2, 0.25) is 0 Å². The van der Waals surface area contributed by atoms with Gasteiger partial charge >= 0.3 is 12.1 Å². The van der Waals surface area contributed by atoms with Crippen LogP contribution >= 0.6 is 23.2 Å². The summed E-state index contributed by atoms with van der Waals surface area (Å²) in [5, 5.41) is 14.1. The molecular weight excluding hydrogens is 616 g/mol. The predicted octanol–water partition coefficient (Wildman–Crippen LogP) is 2.45. The number of aliphatic carboxylic acids is 1. The fraction of sp³-hybridized carbons (Fsp3) is 0.318. The summed E-state index contributed by atoms with van der Waals surface area (Å²) in [6, 6.07) is 3.38. The van der Waals surface area contributed by atoms with Gasteiger partial charge in [-0.3, -0.25) is 9.20 Å². The molecule has 4 N–H and O–H groups in total. The van der Waals surface area contributed by atoms with Gasteiger partial charge in [0.1, 0.15) is 23.2 Å². The van der Waals surface area contributed by atoms with E-state index in [4.69, 9.17) is 38.8 Å². The van der Waals surface area contributed by atoms with E-state index in [1.165, 1.54) is 10.8 Å². The number of carboxylic acids is 1. The number of carbonyl (C=O) groups excluding carboxylic acids is 1. The molecule has 0 aliphatic carbocycles. The number of carbonyl (C=O) groups is 2. The van der Waals surface area contributed by atoms with Gasteiger partial charge in [0.05, 0.1) is 16.0 Å². The highest BCUT2D eigenvalue weighted by molar-refractivity contribution is 7.92. The van der Waals surface area contributed by atoms with Crippen molar-refractivity contribution >= 4 is 67.7 Å². The molecule has 1 atom stereocenters. The number of aromatic nitrogens is 5. The first-order valence-electron chi connectivity index (χ1n) is 11.6. The first kappa shape index (κ1) is 30.1. The van der Waals surface area contributed by atoms with Crippen molar-refractivity contribution < 1.29 is 36.3 Å². The Morgan fingerprint density at radius 3 is 2.59 bits per heavy atom. The number of nitrogens with two attached hydrogens (primary N) is 1. The first-order chi connectivity index (χ1) is 19.1. The van der Waals surface area contributed by atoms with Crippen molar-refractivity contribution in [1.82, 2.24) is 29.3 Å². The SMILES string of the molecule is CC1CN(c2c(CNC(=O)c3c(N)nn4cccnc34)cc(Cl)c3c(Cl)ncn23)CCS1(=O)=O.O=C(O)C(F)(F)F. The Labute approximate surface area is 239 Å². The number of alkyl halides is 3. The van der Waals surface area contributed by atoms with E-state index in [-0.39, 0.29) is 41.9 Å². The number of rotatable bonds is 4. The Bertz CT molecular complexity index is 1760. The lowest BCUT2D eigenvalue weighted by Crippen LogP contribution is -2.46. The molecule has 0 saturated carbocycles. The second-order valence-electron chi connectivity index (χ2n) is 8.85. The Morgan fingerprint density at radius 2 is 1.95 bits per heavy atom. The lowest BCUT2D eigenvalue weighted by atomic mass is 10.2. The zero-order valence-corrected chi connectivity index (χ0v) is 23.3. The molecule has 0 radical (unpaired) electrons. The highest BCUT2D eigenvalue weighted by Crippen LogP contribution is 2.34. The van der Waals surface area contributed by atoms with Crippen LogP contribution in [0, 0.1) is 0 Å². The number of hydrogen-bond acceptors (Lipinski definition) is 9. The molecule has 4 aromatic heterocycles. The first-order valence-corrected chi connectivity index (χ1v) is 14.1. The topological polar surface area (TPSA) is 177 Å². The summed E-state index contributed by atoms with van der Waals surface area (Å²) in [4.78, 5) is 32.2. The van der Waals surface area contributed by atoms with E-state index in [0.29, 0.717) is 27.6 Å². The van der Waals surface area contributed by atoms with Crippen LogP contribution in [0.15, 0.2) is 30.9 Å². The van der Waals surface area contributed by atoms with Crippen molar-refractivity contribution in [1.29, 1.82) is 0 Å². The molecule has 41 heavy (non-hydrogen) atoms. The van der Waals surface area contributed by atoms with Gasteiger partial charge in [-0.2, -0.15) is 13.2 Å². The van der Waals surface area contributed by atoms with E-state index < -0.39 is 33.1 Å². The van der Waals surface area contributed by atoms with E-state index >= 15 is 0 Å². The fourth-order valence-corrected chi connectivity index (χ4v) is 6.04. The minimum absolute atomic E-state index is 0.0110. The maximum atomic E-state index is 13.0. The van der Waals surface area contributed by atoms with Crippen LogP contribution in [0.1, 0.15) is 22.8 Å². The van der Waals surface area contributed by atoms with E-state index in [2.05, 4.69) is 20.4 Å². The van der Waals surface area contributed by atoms with Gasteiger partial charge in [-0.05, 0) is 19.1 Å². The average molecular weight is 637 g/mol. The number of carboxylic acid groups (broad SMARTS) is 1. The van der Waals surface area contributed by atoms with Crippen molar-refractivity contribution in [3.8, 4) is 0 Å². The quantitative estimate of drug-likeness (QED) is 0.301. The molecule has 1 aliphatic rings. The van der Waals surface area contributed by atoms with Crippen molar-refractivity contribution in [2.45, 2.75) is 24.9 Å². The Morgan fingerprint density at radius 1 is 1.27 bits per heavy atom. The second kappa shape index (κ2) is 11.2. The van der Waals surface area contributed by atoms with Gasteiger partial charge in [-0.15, -0.1) is 5.10 Å². The van der Waals surface area contributed by atoms with Crippen LogP contribution in [0.25, 0.3) is 11.2 Å². The lowest BCUT2D eigenvalue weighted by Gasteiger charge is -2.34. The van der Waals surface area contributed by atoms with Crippen molar-refractivity contribution in [2.75, 3.05) is 29.5 Å². The van der Waals surface area contributed by atoms with Crippen LogP contribution in [-0.2, 0) is 21.2 Å². The number of pyridine rings is 1. The molecule has 13 nitrogen and oxygen atoms in total. The van der Waals surface area contributed by atoms with Crippen molar-refractivity contribution in [3.05, 3.63) is 52.2 Å². The summed E-state index contributed by atoms with van der Waals surface area (Å²) in [5.74, 6) is -2.48. The van der Waals surface area contributed by atoms with Gasteiger partial charge in [-0.1, -0.05) is 23.2 Å². The summed E-state index contributed by atoms with van der Waals surface area (Å²) in [7, 11) is -3.17. The van der Waals surface area contributed by atoms with Crippen LogP contribution in [0.4, 0.5) is 24.8 Å². The molecule has 19 heteroatoms. The number of nitrogens with one attached hydrogen (secondary N) is 1. The highest BCUT2D eigenvalue weighted by Gasteiger charge is 2.38. The monoisotopic (exact) mass is 636 g/mol. The zero-order valence-electron chi connectivity index (χ0n) is 20.9. The van der Waals surface area contributed by atoms with Crippen LogP contribution in [0.2, 0.25) is 10.2 Å². The van der Waals surface area contributed by atoms with Gasteiger partial charge in [0.15, 0.2) is 26.5 Å². The fourth-order valence-electron chi connectivity index (χ4n) is 4.16. The molecule has 5 heterocycles. The zero-order chi connectivity index (χ0) is 30.3. The minimum atomic E-state index is -5.08. The second-order valence-corrected chi connectivity index (χ2v) is 12.2. The third-order valence-electron chi connectivity index (χ3n) is 6.13. The average Bonchev–Trinajstić information content (AvgIpc) is 3.43. The Hall–Kier alpha value is -3.83. The molecule has 220 valence electrons.